The van der Waals surface area contributed by atoms with E-state index in [4.69, 9.17) is 0 Å². The Hall–Kier alpha value is -1.11. The first kappa shape index (κ1) is 10.1. The average Bonchev–Trinajstić information content (AvgIpc) is 3.07. The first-order chi connectivity index (χ1) is 7.84. The van der Waals surface area contributed by atoms with Gasteiger partial charge in [0.15, 0.2) is 0 Å². The number of rotatable bonds is 2. The number of carbonyl (C=O) groups is 1. The number of fused-ring (bicyclic) bond motifs is 1. The summed E-state index contributed by atoms with van der Waals surface area (Å²) in [5, 5.41) is 0. The van der Waals surface area contributed by atoms with E-state index in [0.717, 1.165) is 18.8 Å². The molecule has 0 amide bonds. The summed E-state index contributed by atoms with van der Waals surface area (Å²) in [6.07, 6.45) is 5.81. The molecule has 0 N–H and O–H groups in total. The maximum absolute atomic E-state index is 12.2. The van der Waals surface area contributed by atoms with Crippen LogP contribution < -0.4 is 0 Å². The van der Waals surface area contributed by atoms with Gasteiger partial charge in [0.05, 0.1) is 0 Å². The molecule has 0 saturated heterocycles. The van der Waals surface area contributed by atoms with Crippen LogP contribution in [-0.4, -0.2) is 5.78 Å². The molecule has 2 saturated carbocycles. The lowest BCUT2D eigenvalue weighted by Crippen LogP contribution is -2.18. The van der Waals surface area contributed by atoms with Crippen LogP contribution in [0.4, 0.5) is 0 Å². The van der Waals surface area contributed by atoms with E-state index in [2.05, 4.69) is 24.3 Å². The van der Waals surface area contributed by atoms with Crippen LogP contribution in [0.1, 0.15) is 31.2 Å². The monoisotopic (exact) mass is 214 g/mol. The van der Waals surface area contributed by atoms with Crippen molar-refractivity contribution in [1.82, 2.24) is 0 Å². The summed E-state index contributed by atoms with van der Waals surface area (Å²) < 4.78 is 0. The average molecular weight is 214 g/mol. The zero-order valence-electron chi connectivity index (χ0n) is 9.56. The van der Waals surface area contributed by atoms with Crippen molar-refractivity contribution in [3.8, 4) is 0 Å². The number of hydrogen-bond acceptors (Lipinski definition) is 1. The lowest BCUT2D eigenvalue weighted by Gasteiger charge is -2.13. The fourth-order valence-electron chi connectivity index (χ4n) is 3.09. The minimum absolute atomic E-state index is 0.305. The molecule has 1 aromatic rings. The highest BCUT2D eigenvalue weighted by Crippen LogP contribution is 2.47. The molecule has 1 aromatic carbocycles. The van der Waals surface area contributed by atoms with Gasteiger partial charge in [-0.25, -0.2) is 0 Å². The molecule has 0 aromatic heterocycles. The van der Waals surface area contributed by atoms with Crippen LogP contribution in [0.5, 0.6) is 0 Å². The second kappa shape index (κ2) is 4.04. The van der Waals surface area contributed by atoms with Crippen LogP contribution in [0, 0.1) is 17.8 Å². The fourth-order valence-corrected chi connectivity index (χ4v) is 3.09. The molecule has 1 nitrogen and oxygen atoms in total. The Morgan fingerprint density at radius 1 is 1.12 bits per heavy atom. The van der Waals surface area contributed by atoms with Gasteiger partial charge in [-0.05, 0) is 37.2 Å². The molecule has 0 aliphatic heterocycles. The zero-order valence-corrected chi connectivity index (χ0v) is 9.56. The van der Waals surface area contributed by atoms with E-state index < -0.39 is 0 Å². The smallest absolute Gasteiger partial charge is 0.139 e. The second-order valence-corrected chi connectivity index (χ2v) is 5.32. The van der Waals surface area contributed by atoms with Gasteiger partial charge in [-0.15, -0.1) is 0 Å². The molecular weight excluding hydrogens is 196 g/mol. The predicted octanol–water partition coefficient (Wildman–Crippen LogP) is 3.23. The van der Waals surface area contributed by atoms with Crippen LogP contribution in [0.15, 0.2) is 30.3 Å². The fraction of sp³-hybridized carbons (Fsp3) is 0.533. The summed E-state index contributed by atoms with van der Waals surface area (Å²) in [6, 6.07) is 10.5. The third-order valence-electron chi connectivity index (χ3n) is 4.14. The van der Waals surface area contributed by atoms with Crippen molar-refractivity contribution in [3.05, 3.63) is 35.9 Å². The first-order valence-electron chi connectivity index (χ1n) is 6.42. The SMILES string of the molecule is O=C1[C@H](Cc2ccccc2)CCC[C@H]2C[C@@H]12. The maximum Gasteiger partial charge on any atom is 0.139 e. The summed E-state index contributed by atoms with van der Waals surface area (Å²) in [6.45, 7) is 0. The summed E-state index contributed by atoms with van der Waals surface area (Å²) in [5.74, 6) is 2.07. The lowest BCUT2D eigenvalue weighted by atomic mass is 9.90. The minimum atomic E-state index is 0.305. The summed E-state index contributed by atoms with van der Waals surface area (Å²) in [4.78, 5) is 12.2. The molecule has 0 spiro atoms. The van der Waals surface area contributed by atoms with E-state index >= 15 is 0 Å². The van der Waals surface area contributed by atoms with E-state index in [9.17, 15) is 4.79 Å². The topological polar surface area (TPSA) is 17.1 Å². The molecule has 2 fully saturated rings. The van der Waals surface area contributed by atoms with E-state index in [1.165, 1.54) is 24.8 Å². The van der Waals surface area contributed by atoms with E-state index in [0.29, 0.717) is 17.6 Å². The second-order valence-electron chi connectivity index (χ2n) is 5.32. The molecule has 0 heterocycles. The van der Waals surface area contributed by atoms with Crippen LogP contribution >= 0.6 is 0 Å². The molecule has 16 heavy (non-hydrogen) atoms. The normalized spacial score (nSPS) is 33.0. The van der Waals surface area contributed by atoms with E-state index in [-0.39, 0.29) is 0 Å². The Bertz CT molecular complexity index is 382. The Labute approximate surface area is 96.9 Å². The van der Waals surface area contributed by atoms with Crippen LogP contribution in [0.25, 0.3) is 0 Å². The van der Waals surface area contributed by atoms with Crippen LogP contribution in [0.3, 0.4) is 0 Å². The van der Waals surface area contributed by atoms with Crippen molar-refractivity contribution in [2.75, 3.05) is 0 Å². The predicted molar refractivity (Wildman–Crippen MR) is 64.1 cm³/mol. The van der Waals surface area contributed by atoms with Crippen LogP contribution in [-0.2, 0) is 11.2 Å². The molecular formula is C15H18O. The number of Topliss-reactive ketones (excluding diaryl/α,β-unsaturated/α-hetero) is 1. The summed E-state index contributed by atoms with van der Waals surface area (Å²) in [7, 11) is 0. The maximum atomic E-state index is 12.2. The molecule has 0 unspecified atom stereocenters. The minimum Gasteiger partial charge on any atom is -0.299 e. The largest absolute Gasteiger partial charge is 0.299 e. The van der Waals surface area contributed by atoms with Gasteiger partial charge >= 0.3 is 0 Å². The van der Waals surface area contributed by atoms with Gasteiger partial charge < -0.3 is 0 Å². The quantitative estimate of drug-likeness (QED) is 0.738. The Kier molecular flexibility index (Phi) is 2.55. The molecule has 0 bridgehead atoms. The third-order valence-corrected chi connectivity index (χ3v) is 4.14. The Morgan fingerprint density at radius 3 is 2.75 bits per heavy atom. The summed E-state index contributed by atoms with van der Waals surface area (Å²) in [5.41, 5.74) is 1.32. The first-order valence-corrected chi connectivity index (χ1v) is 6.42. The number of carbonyl (C=O) groups excluding carboxylic acids is 1. The van der Waals surface area contributed by atoms with Crippen molar-refractivity contribution in [3.63, 3.8) is 0 Å². The Morgan fingerprint density at radius 2 is 1.94 bits per heavy atom. The highest BCUT2D eigenvalue weighted by atomic mass is 16.1. The molecule has 1 heteroatoms. The van der Waals surface area contributed by atoms with Gasteiger partial charge in [0.25, 0.3) is 0 Å². The van der Waals surface area contributed by atoms with Crippen molar-refractivity contribution in [2.45, 2.75) is 32.1 Å². The number of benzene rings is 1. The van der Waals surface area contributed by atoms with Gasteiger partial charge in [-0.3, -0.25) is 4.79 Å². The standard InChI is InChI=1S/C15H18O/c16-15-13(8-4-7-12-10-14(12)15)9-11-5-2-1-3-6-11/h1-3,5-6,12-14H,4,7-10H2/t12-,13-,14+/m0/s1. The van der Waals surface area contributed by atoms with Crippen molar-refractivity contribution in [1.29, 1.82) is 0 Å². The van der Waals surface area contributed by atoms with Gasteiger partial charge in [0, 0.05) is 11.8 Å². The molecule has 3 rings (SSSR count). The van der Waals surface area contributed by atoms with Gasteiger partial charge in [-0.1, -0.05) is 36.8 Å². The third kappa shape index (κ3) is 1.91. The lowest BCUT2D eigenvalue weighted by molar-refractivity contribution is -0.124. The van der Waals surface area contributed by atoms with E-state index in [1.807, 2.05) is 6.07 Å². The zero-order chi connectivity index (χ0) is 11.0. The van der Waals surface area contributed by atoms with Gasteiger partial charge in [-0.2, -0.15) is 0 Å². The molecule has 0 radical (unpaired) electrons. The molecule has 84 valence electrons. The highest BCUT2D eigenvalue weighted by molar-refractivity contribution is 5.86. The Balaban J connectivity index is 1.71. The van der Waals surface area contributed by atoms with Gasteiger partial charge in [0.2, 0.25) is 0 Å². The summed E-state index contributed by atoms with van der Waals surface area (Å²) >= 11 is 0. The molecule has 2 aliphatic carbocycles. The van der Waals surface area contributed by atoms with Crippen molar-refractivity contribution in [2.24, 2.45) is 17.8 Å². The van der Waals surface area contributed by atoms with Crippen LogP contribution in [0.2, 0.25) is 0 Å². The van der Waals surface area contributed by atoms with Crippen molar-refractivity contribution >= 4 is 5.78 Å². The van der Waals surface area contributed by atoms with Crippen molar-refractivity contribution < 1.29 is 4.79 Å². The van der Waals surface area contributed by atoms with E-state index in [1.54, 1.807) is 0 Å². The number of hydrogen-bond donors (Lipinski definition) is 0. The highest BCUT2D eigenvalue weighted by Gasteiger charge is 2.46. The molecule has 2 aliphatic rings. The molecule has 3 atom stereocenters. The number of ketones is 1. The van der Waals surface area contributed by atoms with Gasteiger partial charge in [0.1, 0.15) is 5.78 Å².